The number of methoxy groups -OCH3 is 1. The third-order valence-electron chi connectivity index (χ3n) is 1.60. The highest BCUT2D eigenvalue weighted by atomic mass is 16.6. The van der Waals surface area contributed by atoms with Gasteiger partial charge in [0.05, 0.1) is 13.7 Å². The Morgan fingerprint density at radius 2 is 1.94 bits per heavy atom. The molecule has 17 heavy (non-hydrogen) atoms. The van der Waals surface area contributed by atoms with Crippen LogP contribution in [0.4, 0.5) is 4.79 Å². The summed E-state index contributed by atoms with van der Waals surface area (Å²) in [6.07, 6.45) is -0.308. The van der Waals surface area contributed by atoms with E-state index >= 15 is 0 Å². The molecule has 2 N–H and O–H groups in total. The lowest BCUT2D eigenvalue weighted by molar-refractivity contribution is -0.143. The third-order valence-corrected chi connectivity index (χ3v) is 1.60. The number of rotatable bonds is 5. The van der Waals surface area contributed by atoms with E-state index in [0.29, 0.717) is 6.41 Å². The summed E-state index contributed by atoms with van der Waals surface area (Å²) in [4.78, 5) is 32.7. The standard InChI is InChI=1S/C10H18N2O5/c1-10(2,3)17-9(15)11-5-7(12-6-13)8(14)16-4/h6-7H,5H2,1-4H3,(H,11,15)(H,12,13). The Morgan fingerprint density at radius 3 is 2.35 bits per heavy atom. The number of alkyl carbamates (subject to hydrolysis) is 1. The second kappa shape index (κ2) is 6.72. The van der Waals surface area contributed by atoms with Crippen molar-refractivity contribution in [2.24, 2.45) is 0 Å². The van der Waals surface area contributed by atoms with Crippen molar-refractivity contribution in [3.63, 3.8) is 0 Å². The van der Waals surface area contributed by atoms with Crippen LogP contribution in [0, 0.1) is 0 Å². The number of esters is 1. The van der Waals surface area contributed by atoms with E-state index in [1.54, 1.807) is 20.8 Å². The predicted molar refractivity (Wildman–Crippen MR) is 59.2 cm³/mol. The van der Waals surface area contributed by atoms with Crippen LogP contribution in [-0.2, 0) is 19.1 Å². The summed E-state index contributed by atoms with van der Waals surface area (Å²) in [6, 6.07) is -0.926. The topological polar surface area (TPSA) is 93.7 Å². The molecule has 0 aromatic rings. The van der Waals surface area contributed by atoms with Gasteiger partial charge in [0, 0.05) is 0 Å². The van der Waals surface area contributed by atoms with Gasteiger partial charge in [0.25, 0.3) is 0 Å². The fourth-order valence-corrected chi connectivity index (χ4v) is 0.934. The van der Waals surface area contributed by atoms with Gasteiger partial charge in [-0.15, -0.1) is 0 Å². The Kier molecular flexibility index (Phi) is 6.01. The van der Waals surface area contributed by atoms with Crippen LogP contribution in [0.3, 0.4) is 0 Å². The monoisotopic (exact) mass is 246 g/mol. The van der Waals surface area contributed by atoms with Gasteiger partial charge in [-0.25, -0.2) is 9.59 Å². The number of carbonyl (C=O) groups excluding carboxylic acids is 3. The molecule has 0 saturated carbocycles. The van der Waals surface area contributed by atoms with E-state index in [1.807, 2.05) is 0 Å². The van der Waals surface area contributed by atoms with Crippen molar-refractivity contribution in [1.82, 2.24) is 10.6 Å². The second-order valence-electron chi connectivity index (χ2n) is 4.24. The summed E-state index contributed by atoms with van der Waals surface area (Å²) >= 11 is 0. The van der Waals surface area contributed by atoms with Crippen LogP contribution in [0.25, 0.3) is 0 Å². The molecule has 7 heteroatoms. The van der Waals surface area contributed by atoms with Gasteiger partial charge >= 0.3 is 12.1 Å². The minimum absolute atomic E-state index is 0.0969. The zero-order valence-electron chi connectivity index (χ0n) is 10.4. The SMILES string of the molecule is COC(=O)C(CNC(=O)OC(C)(C)C)NC=O. The van der Waals surface area contributed by atoms with Crippen molar-refractivity contribution in [3.8, 4) is 0 Å². The van der Waals surface area contributed by atoms with E-state index < -0.39 is 23.7 Å². The van der Waals surface area contributed by atoms with Crippen LogP contribution in [0.1, 0.15) is 20.8 Å². The average Bonchev–Trinajstić information content (AvgIpc) is 2.20. The molecule has 0 aliphatic carbocycles. The fourth-order valence-electron chi connectivity index (χ4n) is 0.934. The lowest BCUT2D eigenvalue weighted by Crippen LogP contribution is -2.47. The van der Waals surface area contributed by atoms with Gasteiger partial charge < -0.3 is 20.1 Å². The van der Waals surface area contributed by atoms with Crippen molar-refractivity contribution in [1.29, 1.82) is 0 Å². The molecular weight excluding hydrogens is 228 g/mol. The van der Waals surface area contributed by atoms with E-state index in [2.05, 4.69) is 15.4 Å². The van der Waals surface area contributed by atoms with E-state index in [1.165, 1.54) is 7.11 Å². The maximum Gasteiger partial charge on any atom is 0.407 e. The predicted octanol–water partition coefficient (Wildman–Crippen LogP) is -0.201. The van der Waals surface area contributed by atoms with Crippen LogP contribution in [0.5, 0.6) is 0 Å². The highest BCUT2D eigenvalue weighted by Gasteiger charge is 2.21. The molecule has 0 rings (SSSR count). The summed E-state index contributed by atoms with van der Waals surface area (Å²) in [5.41, 5.74) is -0.622. The minimum atomic E-state index is -0.926. The Labute approximate surface area is 99.8 Å². The molecular formula is C10H18N2O5. The zero-order chi connectivity index (χ0) is 13.5. The lowest BCUT2D eigenvalue weighted by atomic mass is 10.2. The van der Waals surface area contributed by atoms with Crippen molar-refractivity contribution >= 4 is 18.5 Å². The molecule has 0 spiro atoms. The maximum atomic E-state index is 11.3. The molecule has 0 aliphatic rings. The minimum Gasteiger partial charge on any atom is -0.467 e. The molecule has 1 unspecified atom stereocenters. The lowest BCUT2D eigenvalue weighted by Gasteiger charge is -2.21. The summed E-state index contributed by atoms with van der Waals surface area (Å²) in [7, 11) is 1.19. The van der Waals surface area contributed by atoms with E-state index in [0.717, 1.165) is 0 Å². The molecule has 0 aliphatic heterocycles. The van der Waals surface area contributed by atoms with Crippen LogP contribution in [0.2, 0.25) is 0 Å². The Bertz CT molecular complexity index is 285. The molecule has 2 amide bonds. The highest BCUT2D eigenvalue weighted by molar-refractivity contribution is 5.79. The number of hydrogen-bond donors (Lipinski definition) is 2. The van der Waals surface area contributed by atoms with Crippen LogP contribution in [0.15, 0.2) is 0 Å². The Balaban J connectivity index is 4.17. The van der Waals surface area contributed by atoms with Gasteiger partial charge in [-0.1, -0.05) is 0 Å². The van der Waals surface area contributed by atoms with Crippen LogP contribution >= 0.6 is 0 Å². The molecule has 1 atom stereocenters. The zero-order valence-corrected chi connectivity index (χ0v) is 10.4. The normalized spacial score (nSPS) is 12.2. The number of amides is 2. The largest absolute Gasteiger partial charge is 0.467 e. The molecule has 0 radical (unpaired) electrons. The first-order valence-electron chi connectivity index (χ1n) is 5.04. The second-order valence-corrected chi connectivity index (χ2v) is 4.24. The van der Waals surface area contributed by atoms with Crippen LogP contribution < -0.4 is 10.6 Å². The van der Waals surface area contributed by atoms with Crippen molar-refractivity contribution in [2.45, 2.75) is 32.4 Å². The number of nitrogens with one attached hydrogen (secondary N) is 2. The molecule has 0 bridgehead atoms. The van der Waals surface area contributed by atoms with Gasteiger partial charge in [0.2, 0.25) is 6.41 Å². The molecule has 7 nitrogen and oxygen atoms in total. The van der Waals surface area contributed by atoms with Gasteiger partial charge in [-0.3, -0.25) is 4.79 Å². The smallest absolute Gasteiger partial charge is 0.407 e. The molecule has 0 heterocycles. The maximum absolute atomic E-state index is 11.3. The first-order chi connectivity index (χ1) is 7.80. The van der Waals surface area contributed by atoms with Crippen molar-refractivity contribution < 1.29 is 23.9 Å². The van der Waals surface area contributed by atoms with E-state index in [9.17, 15) is 14.4 Å². The van der Waals surface area contributed by atoms with Gasteiger partial charge in [0.1, 0.15) is 11.6 Å². The van der Waals surface area contributed by atoms with Crippen molar-refractivity contribution in [2.75, 3.05) is 13.7 Å². The molecule has 0 aromatic carbocycles. The van der Waals surface area contributed by atoms with Crippen LogP contribution in [-0.4, -0.2) is 43.8 Å². The molecule has 0 aromatic heterocycles. The Hall–Kier alpha value is -1.79. The van der Waals surface area contributed by atoms with E-state index in [4.69, 9.17) is 4.74 Å². The van der Waals surface area contributed by atoms with Crippen molar-refractivity contribution in [3.05, 3.63) is 0 Å². The van der Waals surface area contributed by atoms with E-state index in [-0.39, 0.29) is 6.54 Å². The highest BCUT2D eigenvalue weighted by Crippen LogP contribution is 2.06. The average molecular weight is 246 g/mol. The summed E-state index contributed by atoms with van der Waals surface area (Å²) in [5.74, 6) is -0.645. The molecule has 0 fully saturated rings. The first-order valence-corrected chi connectivity index (χ1v) is 5.04. The van der Waals surface area contributed by atoms with Gasteiger partial charge in [-0.2, -0.15) is 0 Å². The number of ether oxygens (including phenoxy) is 2. The van der Waals surface area contributed by atoms with Gasteiger partial charge in [-0.05, 0) is 20.8 Å². The third kappa shape index (κ3) is 7.15. The summed E-state index contributed by atoms with van der Waals surface area (Å²) in [6.45, 7) is 5.05. The quantitative estimate of drug-likeness (QED) is 0.517. The first kappa shape index (κ1) is 15.2. The molecule has 98 valence electrons. The Morgan fingerprint density at radius 1 is 1.35 bits per heavy atom. The number of hydrogen-bond acceptors (Lipinski definition) is 5. The number of carbonyl (C=O) groups is 3. The molecule has 0 saturated heterocycles. The summed E-state index contributed by atoms with van der Waals surface area (Å²) in [5, 5.41) is 4.58. The fraction of sp³-hybridized carbons (Fsp3) is 0.700. The van der Waals surface area contributed by atoms with Gasteiger partial charge in [0.15, 0.2) is 0 Å². The summed E-state index contributed by atoms with van der Waals surface area (Å²) < 4.78 is 9.41.